The predicted molar refractivity (Wildman–Crippen MR) is 156 cm³/mol. The van der Waals surface area contributed by atoms with Gasteiger partial charge in [-0.25, -0.2) is 19.2 Å². The predicted octanol–water partition coefficient (Wildman–Crippen LogP) is 3.09. The summed E-state index contributed by atoms with van der Waals surface area (Å²) in [7, 11) is 1.19. The Balaban J connectivity index is 5.44. The van der Waals surface area contributed by atoms with Crippen LogP contribution in [0.25, 0.3) is 0 Å². The van der Waals surface area contributed by atoms with Gasteiger partial charge in [0.15, 0.2) is 0 Å². The van der Waals surface area contributed by atoms with Gasteiger partial charge in [0.05, 0.1) is 7.11 Å². The molecule has 0 aliphatic rings. The molecule has 0 saturated carbocycles. The summed E-state index contributed by atoms with van der Waals surface area (Å²) in [4.78, 5) is 66.1. The second-order valence-electron chi connectivity index (χ2n) is 11.0. The molecular formula is C26H47N5O9S. The summed E-state index contributed by atoms with van der Waals surface area (Å²) in [6.45, 7) is 13.7. The van der Waals surface area contributed by atoms with Crippen molar-refractivity contribution in [2.75, 3.05) is 25.7 Å². The third-order valence-electron chi connectivity index (χ3n) is 4.79. The van der Waals surface area contributed by atoms with Gasteiger partial charge in [0, 0.05) is 12.3 Å². The topological polar surface area (TPSA) is 183 Å². The molecule has 4 amide bonds. The molecule has 0 rings (SSSR count). The van der Waals surface area contributed by atoms with Gasteiger partial charge in [0.1, 0.15) is 29.4 Å². The summed E-state index contributed by atoms with van der Waals surface area (Å²) >= 11 is 1.33. The second kappa shape index (κ2) is 18.3. The van der Waals surface area contributed by atoms with E-state index in [1.54, 1.807) is 54.7 Å². The third kappa shape index (κ3) is 18.7. The van der Waals surface area contributed by atoms with Crippen LogP contribution < -0.4 is 21.3 Å². The van der Waals surface area contributed by atoms with Crippen molar-refractivity contribution in [2.45, 2.75) is 104 Å². The molecule has 0 spiro atoms. The van der Waals surface area contributed by atoms with Crippen molar-refractivity contribution in [3.8, 4) is 0 Å². The van der Waals surface area contributed by atoms with Gasteiger partial charge in [-0.15, -0.1) is 0 Å². The number of hydrogen-bond donors (Lipinski definition) is 4. The first-order chi connectivity index (χ1) is 18.9. The number of esters is 1. The van der Waals surface area contributed by atoms with Gasteiger partial charge in [-0.2, -0.15) is 11.8 Å². The SMILES string of the molecule is CCC(C)OC(=O)N[C@@H](CSC)C(=O)NC(CCCN=C(NC(=O)OC(C)(C)C)NC(=O)OC(C)(C)C)C(=O)OC. The van der Waals surface area contributed by atoms with E-state index in [1.807, 2.05) is 6.92 Å². The number of methoxy groups -OCH3 is 1. The molecular weight excluding hydrogens is 558 g/mol. The minimum Gasteiger partial charge on any atom is -0.467 e. The van der Waals surface area contributed by atoms with Gasteiger partial charge in [0.25, 0.3) is 0 Å². The summed E-state index contributed by atoms with van der Waals surface area (Å²) < 4.78 is 20.4. The number of carbonyl (C=O) groups is 5. The van der Waals surface area contributed by atoms with Gasteiger partial charge >= 0.3 is 24.2 Å². The molecule has 0 heterocycles. The number of rotatable bonds is 12. The van der Waals surface area contributed by atoms with E-state index >= 15 is 0 Å². The number of guanidine groups is 1. The van der Waals surface area contributed by atoms with Gasteiger partial charge in [-0.1, -0.05) is 6.92 Å². The Bertz CT molecular complexity index is 884. The van der Waals surface area contributed by atoms with E-state index in [-0.39, 0.29) is 37.2 Å². The highest BCUT2D eigenvalue weighted by Gasteiger charge is 2.28. The Kier molecular flexibility index (Phi) is 16.8. The lowest BCUT2D eigenvalue weighted by molar-refractivity contribution is -0.145. The quantitative estimate of drug-likeness (QED) is 0.0848. The lowest BCUT2D eigenvalue weighted by Crippen LogP contribution is -2.53. The molecule has 0 aliphatic carbocycles. The average Bonchev–Trinajstić information content (AvgIpc) is 2.82. The zero-order chi connectivity index (χ0) is 31.8. The summed E-state index contributed by atoms with van der Waals surface area (Å²) in [5, 5.41) is 9.87. The van der Waals surface area contributed by atoms with E-state index < -0.39 is 53.4 Å². The fourth-order valence-corrected chi connectivity index (χ4v) is 3.42. The molecule has 2 unspecified atom stereocenters. The molecule has 0 fully saturated rings. The molecule has 0 bridgehead atoms. The van der Waals surface area contributed by atoms with Crippen LogP contribution >= 0.6 is 11.8 Å². The standard InChI is InChI=1S/C26H47N5O9S/c1-11-16(2)38-22(34)29-18(15-41-10)19(32)28-17(20(33)37-9)13-12-14-27-21(30-23(35)39-25(3,4)5)31-24(36)40-26(6,7)8/h16-18H,11-15H2,1-10H3,(H,28,32)(H,29,34)(H2,27,30,31,35,36)/t16?,17?,18-/m0/s1. The smallest absolute Gasteiger partial charge is 0.414 e. The van der Waals surface area contributed by atoms with Gasteiger partial charge in [-0.05, 0) is 74.0 Å². The number of ether oxygens (including phenoxy) is 4. The molecule has 15 heteroatoms. The maximum absolute atomic E-state index is 12.9. The van der Waals surface area contributed by atoms with E-state index in [0.717, 1.165) is 0 Å². The van der Waals surface area contributed by atoms with Crippen LogP contribution in [0.5, 0.6) is 0 Å². The van der Waals surface area contributed by atoms with E-state index in [4.69, 9.17) is 18.9 Å². The lowest BCUT2D eigenvalue weighted by Gasteiger charge is -2.22. The van der Waals surface area contributed by atoms with Gasteiger partial charge in [-0.3, -0.25) is 20.4 Å². The Labute approximate surface area is 246 Å². The number of amides is 4. The number of nitrogens with one attached hydrogen (secondary N) is 4. The fraction of sp³-hybridized carbons (Fsp3) is 0.769. The van der Waals surface area contributed by atoms with Crippen molar-refractivity contribution in [3.05, 3.63) is 0 Å². The van der Waals surface area contributed by atoms with Crippen molar-refractivity contribution in [3.63, 3.8) is 0 Å². The molecule has 0 saturated heterocycles. The Morgan fingerprint density at radius 3 is 1.83 bits per heavy atom. The van der Waals surface area contributed by atoms with Crippen LogP contribution in [0, 0.1) is 0 Å². The Hall–Kier alpha value is -3.23. The number of aliphatic imine (C=N–C) groups is 1. The zero-order valence-electron chi connectivity index (χ0n) is 25.8. The first-order valence-corrected chi connectivity index (χ1v) is 14.7. The normalized spacial score (nSPS) is 13.4. The van der Waals surface area contributed by atoms with Gasteiger partial charge in [0.2, 0.25) is 11.9 Å². The van der Waals surface area contributed by atoms with Gasteiger partial charge < -0.3 is 29.6 Å². The molecule has 0 aromatic heterocycles. The van der Waals surface area contributed by atoms with Crippen LogP contribution in [0.4, 0.5) is 14.4 Å². The largest absolute Gasteiger partial charge is 0.467 e. The molecule has 0 aliphatic heterocycles. The molecule has 41 heavy (non-hydrogen) atoms. The summed E-state index contributed by atoms with van der Waals surface area (Å²) in [6, 6.07) is -1.99. The highest BCUT2D eigenvalue weighted by atomic mass is 32.2. The van der Waals surface area contributed by atoms with E-state index in [1.165, 1.54) is 18.9 Å². The minimum atomic E-state index is -1.04. The number of thioether (sulfide) groups is 1. The number of hydrogen-bond acceptors (Lipinski definition) is 11. The van der Waals surface area contributed by atoms with Crippen molar-refractivity contribution >= 4 is 47.9 Å². The van der Waals surface area contributed by atoms with Crippen molar-refractivity contribution in [2.24, 2.45) is 4.99 Å². The van der Waals surface area contributed by atoms with Crippen LogP contribution in [0.15, 0.2) is 4.99 Å². The second-order valence-corrected chi connectivity index (χ2v) is 11.9. The van der Waals surface area contributed by atoms with Crippen LogP contribution in [0.2, 0.25) is 0 Å². The van der Waals surface area contributed by atoms with E-state index in [2.05, 4.69) is 26.3 Å². The highest BCUT2D eigenvalue weighted by Crippen LogP contribution is 2.09. The average molecular weight is 606 g/mol. The van der Waals surface area contributed by atoms with Crippen LogP contribution in [-0.2, 0) is 28.5 Å². The number of carbonyl (C=O) groups excluding carboxylic acids is 5. The molecule has 0 aromatic carbocycles. The highest BCUT2D eigenvalue weighted by molar-refractivity contribution is 7.98. The Morgan fingerprint density at radius 2 is 1.39 bits per heavy atom. The van der Waals surface area contributed by atoms with Crippen LogP contribution in [-0.4, -0.2) is 91.2 Å². The van der Waals surface area contributed by atoms with Crippen LogP contribution in [0.1, 0.15) is 74.7 Å². The van der Waals surface area contributed by atoms with E-state index in [9.17, 15) is 24.0 Å². The first-order valence-electron chi connectivity index (χ1n) is 13.3. The van der Waals surface area contributed by atoms with Crippen molar-refractivity contribution < 1.29 is 42.9 Å². The number of alkyl carbamates (subject to hydrolysis) is 3. The summed E-state index contributed by atoms with van der Waals surface area (Å²) in [6.07, 6.45) is -0.00863. The zero-order valence-corrected chi connectivity index (χ0v) is 26.6. The number of nitrogens with zero attached hydrogens (tertiary/aromatic N) is 1. The molecule has 14 nitrogen and oxygen atoms in total. The summed E-state index contributed by atoms with van der Waals surface area (Å²) in [5.41, 5.74) is -1.58. The molecule has 0 aromatic rings. The molecule has 4 N–H and O–H groups in total. The maximum Gasteiger partial charge on any atom is 0.414 e. The van der Waals surface area contributed by atoms with Crippen molar-refractivity contribution in [1.82, 2.24) is 21.3 Å². The first kappa shape index (κ1) is 37.8. The Morgan fingerprint density at radius 1 is 0.854 bits per heavy atom. The fourth-order valence-electron chi connectivity index (χ4n) is 2.85. The van der Waals surface area contributed by atoms with E-state index in [0.29, 0.717) is 6.42 Å². The van der Waals surface area contributed by atoms with Crippen LogP contribution in [0.3, 0.4) is 0 Å². The maximum atomic E-state index is 12.9. The monoisotopic (exact) mass is 605 g/mol. The molecule has 0 radical (unpaired) electrons. The third-order valence-corrected chi connectivity index (χ3v) is 5.45. The minimum absolute atomic E-state index is 0.0397. The summed E-state index contributed by atoms with van der Waals surface area (Å²) in [5.74, 6) is -1.24. The molecule has 3 atom stereocenters. The molecule has 236 valence electrons. The van der Waals surface area contributed by atoms with Crippen molar-refractivity contribution in [1.29, 1.82) is 0 Å². The lowest BCUT2D eigenvalue weighted by atomic mass is 10.1.